The van der Waals surface area contributed by atoms with Crippen LogP contribution in [-0.2, 0) is 0 Å². The molecule has 0 saturated carbocycles. The summed E-state index contributed by atoms with van der Waals surface area (Å²) in [6, 6.07) is 4.24. The summed E-state index contributed by atoms with van der Waals surface area (Å²) in [5.41, 5.74) is 6.39. The Labute approximate surface area is 113 Å². The van der Waals surface area contributed by atoms with Crippen LogP contribution in [0.5, 0.6) is 0 Å². The van der Waals surface area contributed by atoms with Crippen molar-refractivity contribution in [3.05, 3.63) is 34.6 Å². The second-order valence-electron chi connectivity index (χ2n) is 4.30. The number of nitrogens with one attached hydrogen (secondary N) is 1. The first-order valence-corrected chi connectivity index (χ1v) is 6.45. The molecule has 1 aromatic heterocycles. The predicted molar refractivity (Wildman–Crippen MR) is 72.8 cm³/mol. The molecule has 0 unspecified atom stereocenters. The zero-order valence-corrected chi connectivity index (χ0v) is 11.3. The number of nitrogens with zero attached hydrogens (tertiary/aromatic N) is 2. The molecule has 0 radical (unpaired) electrons. The van der Waals surface area contributed by atoms with Crippen LogP contribution in [-0.4, -0.2) is 15.5 Å². The smallest absolute Gasteiger partial charge is 0.269 e. The molecule has 0 saturated heterocycles. The third-order valence-corrected chi connectivity index (χ3v) is 3.29. The summed E-state index contributed by atoms with van der Waals surface area (Å²) in [4.78, 5) is 12.5. The van der Waals surface area contributed by atoms with Gasteiger partial charge < -0.3 is 11.1 Å². The molecule has 0 bridgehead atoms. The number of nitrogens with two attached hydrogens (primary N) is 1. The fourth-order valence-electron chi connectivity index (χ4n) is 1.58. The van der Waals surface area contributed by atoms with Crippen molar-refractivity contribution < 1.29 is 9.18 Å². The molecular weight excluding hydrogens is 267 g/mol. The monoisotopic (exact) mass is 280 g/mol. The molecule has 1 aromatic carbocycles. The van der Waals surface area contributed by atoms with E-state index in [2.05, 4.69) is 14.9 Å². The number of benzene rings is 1. The number of hydrogen-bond acceptors (Lipinski definition) is 5. The summed E-state index contributed by atoms with van der Waals surface area (Å²) in [6.45, 7) is 3.82. The number of aromatic nitrogens is 2. The Morgan fingerprint density at radius 1 is 1.47 bits per heavy atom. The van der Waals surface area contributed by atoms with Crippen molar-refractivity contribution in [2.75, 3.05) is 11.1 Å². The van der Waals surface area contributed by atoms with Crippen LogP contribution in [0.4, 0.5) is 15.8 Å². The molecule has 0 spiro atoms. The van der Waals surface area contributed by atoms with Gasteiger partial charge in [-0.05, 0) is 29.6 Å². The van der Waals surface area contributed by atoms with E-state index >= 15 is 0 Å². The van der Waals surface area contributed by atoms with Gasteiger partial charge in [0, 0.05) is 0 Å². The summed E-state index contributed by atoms with van der Waals surface area (Å²) in [5, 5.41) is 6.37. The first-order chi connectivity index (χ1) is 9.00. The van der Waals surface area contributed by atoms with Crippen LogP contribution in [0, 0.1) is 5.82 Å². The summed E-state index contributed by atoms with van der Waals surface area (Å²) >= 11 is 0.981. The summed E-state index contributed by atoms with van der Waals surface area (Å²) in [5.74, 6) is -0.954. The van der Waals surface area contributed by atoms with Crippen molar-refractivity contribution >= 4 is 28.8 Å². The molecule has 1 heterocycles. The Balaban J connectivity index is 2.29. The molecule has 0 fully saturated rings. The summed E-state index contributed by atoms with van der Waals surface area (Å²) < 4.78 is 17.3. The maximum Gasteiger partial charge on any atom is 0.269 e. The second kappa shape index (κ2) is 5.31. The van der Waals surface area contributed by atoms with Gasteiger partial charge in [0.05, 0.1) is 11.4 Å². The van der Waals surface area contributed by atoms with E-state index in [1.807, 2.05) is 13.8 Å². The average Bonchev–Trinajstić information content (AvgIpc) is 2.83. The topological polar surface area (TPSA) is 80.9 Å². The molecule has 2 rings (SSSR count). The highest BCUT2D eigenvalue weighted by Gasteiger charge is 2.20. The third kappa shape index (κ3) is 2.70. The van der Waals surface area contributed by atoms with Gasteiger partial charge in [0.25, 0.3) is 5.91 Å². The zero-order chi connectivity index (χ0) is 14.0. The Bertz CT molecular complexity index is 591. The van der Waals surface area contributed by atoms with E-state index in [9.17, 15) is 9.18 Å². The number of carbonyl (C=O) groups is 1. The number of rotatable bonds is 3. The number of hydrogen-bond donors (Lipinski definition) is 2. The quantitative estimate of drug-likeness (QED) is 0.847. The number of amides is 1. The zero-order valence-electron chi connectivity index (χ0n) is 10.5. The average molecular weight is 280 g/mol. The Hall–Kier alpha value is -2.02. The largest absolute Gasteiger partial charge is 0.397 e. The van der Waals surface area contributed by atoms with Crippen molar-refractivity contribution in [3.63, 3.8) is 0 Å². The fourth-order valence-corrected chi connectivity index (χ4v) is 2.29. The minimum Gasteiger partial charge on any atom is -0.397 e. The van der Waals surface area contributed by atoms with Gasteiger partial charge in [-0.3, -0.25) is 4.79 Å². The normalized spacial score (nSPS) is 10.7. The van der Waals surface area contributed by atoms with Gasteiger partial charge in [0.15, 0.2) is 0 Å². The van der Waals surface area contributed by atoms with Crippen LogP contribution in [0.1, 0.15) is 35.1 Å². The molecule has 7 heteroatoms. The highest BCUT2D eigenvalue weighted by atomic mass is 32.1. The first-order valence-electron chi connectivity index (χ1n) is 5.68. The van der Waals surface area contributed by atoms with Gasteiger partial charge in [-0.2, -0.15) is 0 Å². The first kappa shape index (κ1) is 13.4. The Kier molecular flexibility index (Phi) is 3.75. The standard InChI is InChI=1S/C12H13FN4OS/c1-6(2)9-11(19-17-16-9)12(18)15-10-7(13)4-3-5-8(10)14/h3-6H,14H2,1-2H3,(H,15,18). The van der Waals surface area contributed by atoms with E-state index < -0.39 is 11.7 Å². The molecular formula is C12H13FN4OS. The lowest BCUT2D eigenvalue weighted by atomic mass is 10.1. The molecule has 5 nitrogen and oxygen atoms in total. The van der Waals surface area contributed by atoms with E-state index in [1.165, 1.54) is 18.2 Å². The van der Waals surface area contributed by atoms with E-state index in [-0.39, 0.29) is 17.3 Å². The van der Waals surface area contributed by atoms with Crippen LogP contribution < -0.4 is 11.1 Å². The Morgan fingerprint density at radius 2 is 2.21 bits per heavy atom. The lowest BCUT2D eigenvalue weighted by Crippen LogP contribution is -2.15. The van der Waals surface area contributed by atoms with Crippen LogP contribution in [0.2, 0.25) is 0 Å². The van der Waals surface area contributed by atoms with Gasteiger partial charge in [0.2, 0.25) is 0 Å². The molecule has 0 atom stereocenters. The number of halogens is 1. The van der Waals surface area contributed by atoms with E-state index in [4.69, 9.17) is 5.73 Å². The van der Waals surface area contributed by atoms with E-state index in [0.717, 1.165) is 11.5 Å². The molecule has 0 aliphatic carbocycles. The number of carbonyl (C=O) groups excluding carboxylic acids is 1. The minimum absolute atomic E-state index is 0.0180. The highest BCUT2D eigenvalue weighted by Crippen LogP contribution is 2.25. The summed E-state index contributed by atoms with van der Waals surface area (Å²) in [7, 11) is 0. The number of anilines is 2. The van der Waals surface area contributed by atoms with Gasteiger partial charge in [-0.15, -0.1) is 5.10 Å². The van der Waals surface area contributed by atoms with Crippen LogP contribution in [0.3, 0.4) is 0 Å². The van der Waals surface area contributed by atoms with Crippen LogP contribution >= 0.6 is 11.5 Å². The maximum atomic E-state index is 13.6. The minimum atomic E-state index is -0.572. The van der Waals surface area contributed by atoms with E-state index in [1.54, 1.807) is 0 Å². The predicted octanol–water partition coefficient (Wildman–Crippen LogP) is 2.64. The molecule has 1 amide bonds. The van der Waals surface area contributed by atoms with Crippen molar-refractivity contribution in [2.45, 2.75) is 19.8 Å². The highest BCUT2D eigenvalue weighted by molar-refractivity contribution is 7.08. The fraction of sp³-hybridized carbons (Fsp3) is 0.250. The van der Waals surface area contributed by atoms with Gasteiger partial charge in [0.1, 0.15) is 16.4 Å². The van der Waals surface area contributed by atoms with E-state index in [0.29, 0.717) is 10.6 Å². The molecule has 0 aliphatic heterocycles. The molecule has 100 valence electrons. The van der Waals surface area contributed by atoms with Crippen molar-refractivity contribution in [2.24, 2.45) is 0 Å². The maximum absolute atomic E-state index is 13.6. The van der Waals surface area contributed by atoms with Crippen molar-refractivity contribution in [1.29, 1.82) is 0 Å². The number of para-hydroxylation sites is 1. The second-order valence-corrected chi connectivity index (χ2v) is 5.05. The molecule has 3 N–H and O–H groups in total. The van der Waals surface area contributed by atoms with Crippen molar-refractivity contribution in [1.82, 2.24) is 9.59 Å². The molecule has 0 aliphatic rings. The third-order valence-electron chi connectivity index (χ3n) is 2.55. The van der Waals surface area contributed by atoms with Crippen LogP contribution in [0.15, 0.2) is 18.2 Å². The van der Waals surface area contributed by atoms with Crippen molar-refractivity contribution in [3.8, 4) is 0 Å². The summed E-state index contributed by atoms with van der Waals surface area (Å²) in [6.07, 6.45) is 0. The molecule has 2 aromatic rings. The lowest BCUT2D eigenvalue weighted by Gasteiger charge is -2.09. The number of nitrogen functional groups attached to an aromatic ring is 1. The van der Waals surface area contributed by atoms with Gasteiger partial charge in [-0.25, -0.2) is 4.39 Å². The lowest BCUT2D eigenvalue weighted by molar-refractivity contribution is 0.102. The molecule has 19 heavy (non-hydrogen) atoms. The van der Waals surface area contributed by atoms with Gasteiger partial charge >= 0.3 is 0 Å². The van der Waals surface area contributed by atoms with Crippen LogP contribution in [0.25, 0.3) is 0 Å². The van der Waals surface area contributed by atoms with Gasteiger partial charge in [-0.1, -0.05) is 24.4 Å². The Morgan fingerprint density at radius 3 is 2.84 bits per heavy atom. The SMILES string of the molecule is CC(C)c1nnsc1C(=O)Nc1c(N)cccc1F.